The molecule has 0 radical (unpaired) electrons. The second-order valence-corrected chi connectivity index (χ2v) is 10.6. The van der Waals surface area contributed by atoms with Crippen LogP contribution in [0.2, 0.25) is 10.0 Å². The lowest BCUT2D eigenvalue weighted by molar-refractivity contribution is -0.137. The number of anilines is 1. The van der Waals surface area contributed by atoms with Crippen molar-refractivity contribution in [3.8, 4) is 0 Å². The van der Waals surface area contributed by atoms with Gasteiger partial charge in [0.2, 0.25) is 5.91 Å². The molecule has 1 fully saturated rings. The molecule has 0 aliphatic carbocycles. The van der Waals surface area contributed by atoms with E-state index in [-0.39, 0.29) is 30.9 Å². The molecule has 2 aromatic carbocycles. The van der Waals surface area contributed by atoms with Crippen LogP contribution >= 0.6 is 23.2 Å². The fraction of sp³-hybridized carbons (Fsp3) is 0.370. The van der Waals surface area contributed by atoms with Crippen molar-refractivity contribution in [3.63, 3.8) is 0 Å². The van der Waals surface area contributed by atoms with E-state index in [0.29, 0.717) is 65.3 Å². The fourth-order valence-corrected chi connectivity index (χ4v) is 5.85. The maximum absolute atomic E-state index is 13.6. The highest BCUT2D eigenvalue weighted by molar-refractivity contribution is 6.35. The van der Waals surface area contributed by atoms with Crippen molar-refractivity contribution in [2.75, 3.05) is 50.7 Å². The number of carbonyl (C=O) groups is 3. The van der Waals surface area contributed by atoms with Gasteiger partial charge in [-0.1, -0.05) is 35.3 Å². The van der Waals surface area contributed by atoms with Crippen LogP contribution < -0.4 is 10.2 Å². The van der Waals surface area contributed by atoms with Gasteiger partial charge in [0.25, 0.3) is 5.91 Å². The Morgan fingerprint density at radius 3 is 2.42 bits per heavy atom. The number of piperazine rings is 1. The van der Waals surface area contributed by atoms with E-state index in [0.717, 1.165) is 12.1 Å². The predicted octanol–water partition coefficient (Wildman–Crippen LogP) is 4.54. The molecular weight excluding hydrogens is 570 g/mol. The van der Waals surface area contributed by atoms with Crippen LogP contribution in [0.5, 0.6) is 0 Å². The molecule has 3 aliphatic rings. The van der Waals surface area contributed by atoms with Crippen LogP contribution in [0.25, 0.3) is 0 Å². The Hall–Kier alpha value is -3.44. The van der Waals surface area contributed by atoms with E-state index in [9.17, 15) is 27.6 Å². The van der Waals surface area contributed by atoms with Gasteiger partial charge in [-0.2, -0.15) is 13.2 Å². The molecule has 0 bridgehead atoms. The van der Waals surface area contributed by atoms with Gasteiger partial charge in [0.05, 0.1) is 29.4 Å². The lowest BCUT2D eigenvalue weighted by atomic mass is 9.95. The van der Waals surface area contributed by atoms with Gasteiger partial charge in [-0.05, 0) is 42.8 Å². The zero-order valence-corrected chi connectivity index (χ0v) is 23.0. The first kappa shape index (κ1) is 28.1. The van der Waals surface area contributed by atoms with Crippen LogP contribution in [0.1, 0.15) is 24.1 Å². The second kappa shape index (κ2) is 10.9. The summed E-state index contributed by atoms with van der Waals surface area (Å²) in [6.07, 6.45) is -4.44. The molecule has 13 heteroatoms. The van der Waals surface area contributed by atoms with Gasteiger partial charge in [-0.3, -0.25) is 14.5 Å². The molecule has 0 unspecified atom stereocenters. The van der Waals surface area contributed by atoms with Crippen LogP contribution in [-0.4, -0.2) is 78.4 Å². The lowest BCUT2D eigenvalue weighted by Crippen LogP contribution is -2.51. The number of nitrogens with zero attached hydrogens (tertiary/aromatic N) is 4. The minimum absolute atomic E-state index is 0.0904. The number of urea groups is 1. The molecular formula is C27H26Cl2F3N5O3. The third kappa shape index (κ3) is 5.32. The maximum Gasteiger partial charge on any atom is 0.416 e. The zero-order chi connectivity index (χ0) is 28.8. The van der Waals surface area contributed by atoms with E-state index in [1.165, 1.54) is 21.9 Å². The number of hydrogen-bond acceptors (Lipinski definition) is 4. The highest BCUT2D eigenvalue weighted by Gasteiger charge is 2.45. The number of halogens is 5. The standard InChI is InChI=1S/C27H26Cl2F3N5O3/c1-2-37-21-14-36(25(39)23(21)24(33-26(37)40)19-7-6-17(28)13-20(19)29)15-22(38)35-10-8-34(9-11-35)18-5-3-4-16(12-18)27(30,31)32/h3-7,12-13,24H,2,8-11,14-15H2,1H3,(H,33,40)/t24-/m1/s1. The summed E-state index contributed by atoms with van der Waals surface area (Å²) in [6, 6.07) is 8.77. The minimum Gasteiger partial charge on any atom is -0.368 e. The second-order valence-electron chi connectivity index (χ2n) is 9.73. The van der Waals surface area contributed by atoms with Gasteiger partial charge in [0.1, 0.15) is 6.54 Å². The van der Waals surface area contributed by atoms with Gasteiger partial charge in [0.15, 0.2) is 0 Å². The molecule has 1 saturated heterocycles. The Morgan fingerprint density at radius 1 is 1.05 bits per heavy atom. The van der Waals surface area contributed by atoms with Crippen molar-refractivity contribution < 1.29 is 27.6 Å². The predicted molar refractivity (Wildman–Crippen MR) is 144 cm³/mol. The lowest BCUT2D eigenvalue weighted by Gasteiger charge is -2.37. The molecule has 3 heterocycles. The Kier molecular flexibility index (Phi) is 7.62. The van der Waals surface area contributed by atoms with Crippen molar-refractivity contribution in [1.82, 2.24) is 20.0 Å². The smallest absolute Gasteiger partial charge is 0.368 e. The average Bonchev–Trinajstić information content (AvgIpc) is 3.23. The molecule has 0 aromatic heterocycles. The van der Waals surface area contributed by atoms with E-state index >= 15 is 0 Å². The van der Waals surface area contributed by atoms with Crippen molar-refractivity contribution in [2.24, 2.45) is 0 Å². The molecule has 0 saturated carbocycles. The number of nitrogens with one attached hydrogen (secondary N) is 1. The monoisotopic (exact) mass is 595 g/mol. The number of rotatable bonds is 5. The van der Waals surface area contributed by atoms with Crippen LogP contribution in [0.3, 0.4) is 0 Å². The first-order valence-corrected chi connectivity index (χ1v) is 13.5. The molecule has 0 spiro atoms. The number of benzene rings is 2. The molecule has 4 amide bonds. The molecule has 3 aliphatic heterocycles. The van der Waals surface area contributed by atoms with Gasteiger partial charge in [-0.15, -0.1) is 0 Å². The van der Waals surface area contributed by atoms with Gasteiger partial charge >= 0.3 is 12.2 Å². The number of carbonyl (C=O) groups excluding carboxylic acids is 3. The SMILES string of the molecule is CCN1C(=O)N[C@H](c2ccc(Cl)cc2Cl)C2=C1CN(CC(=O)N1CCN(c3cccc(C(F)(F)F)c3)CC1)C2=O. The first-order valence-electron chi connectivity index (χ1n) is 12.7. The number of likely N-dealkylation sites (N-methyl/N-ethyl adjacent to an activating group) is 1. The normalized spacial score (nSPS) is 19.8. The zero-order valence-electron chi connectivity index (χ0n) is 21.5. The van der Waals surface area contributed by atoms with Crippen molar-refractivity contribution in [3.05, 3.63) is 74.9 Å². The van der Waals surface area contributed by atoms with Crippen LogP contribution in [0.15, 0.2) is 53.7 Å². The van der Waals surface area contributed by atoms with Gasteiger partial charge in [-0.25, -0.2) is 4.79 Å². The Morgan fingerprint density at radius 2 is 1.77 bits per heavy atom. The molecule has 5 rings (SSSR count). The summed E-state index contributed by atoms with van der Waals surface area (Å²) < 4.78 is 39.4. The van der Waals surface area contributed by atoms with Crippen LogP contribution in [-0.2, 0) is 15.8 Å². The average molecular weight is 596 g/mol. The van der Waals surface area contributed by atoms with E-state index in [2.05, 4.69) is 5.32 Å². The topological polar surface area (TPSA) is 76.2 Å². The Labute approximate surface area is 238 Å². The number of hydrogen-bond donors (Lipinski definition) is 1. The summed E-state index contributed by atoms with van der Waals surface area (Å²) in [5, 5.41) is 3.57. The van der Waals surface area contributed by atoms with Crippen molar-refractivity contribution >= 4 is 46.7 Å². The third-order valence-electron chi connectivity index (χ3n) is 7.38. The molecule has 1 N–H and O–H groups in total. The minimum atomic E-state index is -4.44. The van der Waals surface area contributed by atoms with Crippen LogP contribution in [0.4, 0.5) is 23.7 Å². The number of amides is 4. The molecule has 1 atom stereocenters. The van der Waals surface area contributed by atoms with E-state index in [4.69, 9.17) is 23.2 Å². The van der Waals surface area contributed by atoms with E-state index < -0.39 is 17.8 Å². The van der Waals surface area contributed by atoms with E-state index in [1.807, 2.05) is 0 Å². The molecule has 40 heavy (non-hydrogen) atoms. The Balaban J connectivity index is 1.27. The van der Waals surface area contributed by atoms with Crippen molar-refractivity contribution in [2.45, 2.75) is 19.1 Å². The van der Waals surface area contributed by atoms with Crippen molar-refractivity contribution in [1.29, 1.82) is 0 Å². The summed E-state index contributed by atoms with van der Waals surface area (Å²) in [6.45, 7) is 3.34. The Bertz CT molecular complexity index is 1390. The van der Waals surface area contributed by atoms with E-state index in [1.54, 1.807) is 34.9 Å². The number of alkyl halides is 3. The highest BCUT2D eigenvalue weighted by Crippen LogP contribution is 2.39. The summed E-state index contributed by atoms with van der Waals surface area (Å²) >= 11 is 12.4. The fourth-order valence-electron chi connectivity index (χ4n) is 5.34. The summed E-state index contributed by atoms with van der Waals surface area (Å²) in [7, 11) is 0. The highest BCUT2D eigenvalue weighted by atomic mass is 35.5. The summed E-state index contributed by atoms with van der Waals surface area (Å²) in [5.74, 6) is -0.652. The first-order chi connectivity index (χ1) is 19.0. The van der Waals surface area contributed by atoms with Gasteiger partial charge in [0, 0.05) is 48.5 Å². The molecule has 8 nitrogen and oxygen atoms in total. The third-order valence-corrected chi connectivity index (χ3v) is 7.95. The molecule has 2 aromatic rings. The maximum atomic E-state index is 13.6. The summed E-state index contributed by atoms with van der Waals surface area (Å²) in [4.78, 5) is 46.0. The summed E-state index contributed by atoms with van der Waals surface area (Å²) in [5.41, 5.74) is 1.12. The quantitative estimate of drug-likeness (QED) is 0.550. The van der Waals surface area contributed by atoms with Crippen LogP contribution in [0, 0.1) is 0 Å². The van der Waals surface area contributed by atoms with Gasteiger partial charge < -0.3 is 20.0 Å². The molecule has 212 valence electrons. The largest absolute Gasteiger partial charge is 0.416 e.